The summed E-state index contributed by atoms with van der Waals surface area (Å²) in [6.07, 6.45) is 2.58. The molecule has 4 nitrogen and oxygen atoms in total. The van der Waals surface area contributed by atoms with Gasteiger partial charge in [0, 0.05) is 17.9 Å². The van der Waals surface area contributed by atoms with Crippen molar-refractivity contribution in [2.45, 2.75) is 26.3 Å². The first-order valence-corrected chi connectivity index (χ1v) is 7.74. The molecule has 2 N–H and O–H groups in total. The van der Waals surface area contributed by atoms with Crippen molar-refractivity contribution in [2.75, 3.05) is 10.6 Å². The van der Waals surface area contributed by atoms with Crippen LogP contribution in [0.2, 0.25) is 10.0 Å². The molecule has 6 heteroatoms. The lowest BCUT2D eigenvalue weighted by Gasteiger charge is -2.14. The molecule has 1 heterocycles. The molecule has 1 unspecified atom stereocenters. The Kier molecular flexibility index (Phi) is 5.63. The predicted molar refractivity (Wildman–Crippen MR) is 92.0 cm³/mol. The van der Waals surface area contributed by atoms with Gasteiger partial charge in [0.1, 0.15) is 5.69 Å². The number of carbonyl (C=O) groups excluding carboxylic acids is 1. The number of nitrogens with one attached hydrogen (secondary N) is 2. The van der Waals surface area contributed by atoms with E-state index < -0.39 is 0 Å². The third-order valence-electron chi connectivity index (χ3n) is 3.22. The maximum atomic E-state index is 12.3. The Morgan fingerprint density at radius 3 is 2.59 bits per heavy atom. The second-order valence-corrected chi connectivity index (χ2v) is 5.75. The number of rotatable bonds is 5. The summed E-state index contributed by atoms with van der Waals surface area (Å²) in [4.78, 5) is 16.4. The van der Waals surface area contributed by atoms with Crippen LogP contribution in [0, 0.1) is 0 Å². The normalized spacial score (nSPS) is 11.8. The average Bonchev–Trinajstić information content (AvgIpc) is 2.51. The van der Waals surface area contributed by atoms with Crippen LogP contribution in [0.1, 0.15) is 30.8 Å². The summed E-state index contributed by atoms with van der Waals surface area (Å²) in [7, 11) is 0. The molecule has 1 atom stereocenters. The van der Waals surface area contributed by atoms with E-state index in [0.29, 0.717) is 27.5 Å². The molecular formula is C16H17Cl2N3O. The SMILES string of the molecule is CCC(C)Nc1ccnc(C(=O)Nc2c(Cl)cccc2Cl)c1. The summed E-state index contributed by atoms with van der Waals surface area (Å²) in [5.41, 5.74) is 1.53. The number of pyridine rings is 1. The molecule has 1 aromatic heterocycles. The van der Waals surface area contributed by atoms with E-state index >= 15 is 0 Å². The van der Waals surface area contributed by atoms with E-state index in [9.17, 15) is 4.79 Å². The fraction of sp³-hybridized carbons (Fsp3) is 0.250. The van der Waals surface area contributed by atoms with Crippen LogP contribution in [0.3, 0.4) is 0 Å². The molecule has 0 radical (unpaired) electrons. The standard InChI is InChI=1S/C16H17Cl2N3O/c1-3-10(2)20-11-7-8-19-14(9-11)16(22)21-15-12(17)5-4-6-13(15)18/h4-10H,3H2,1-2H3,(H,19,20)(H,21,22). The fourth-order valence-electron chi connectivity index (χ4n) is 1.83. The number of nitrogens with zero attached hydrogens (tertiary/aromatic N) is 1. The van der Waals surface area contributed by atoms with Crippen LogP contribution in [-0.2, 0) is 0 Å². The van der Waals surface area contributed by atoms with Gasteiger partial charge in [-0.2, -0.15) is 0 Å². The summed E-state index contributed by atoms with van der Waals surface area (Å²) < 4.78 is 0. The molecule has 2 rings (SSSR count). The van der Waals surface area contributed by atoms with E-state index in [4.69, 9.17) is 23.2 Å². The van der Waals surface area contributed by atoms with E-state index in [-0.39, 0.29) is 5.91 Å². The molecule has 0 aliphatic heterocycles. The number of carbonyl (C=O) groups is 1. The van der Waals surface area contributed by atoms with Gasteiger partial charge in [-0.1, -0.05) is 36.2 Å². The Balaban J connectivity index is 2.18. The minimum absolute atomic E-state index is 0.296. The van der Waals surface area contributed by atoms with Gasteiger partial charge in [-0.15, -0.1) is 0 Å². The topological polar surface area (TPSA) is 54.0 Å². The number of anilines is 2. The highest BCUT2D eigenvalue weighted by Gasteiger charge is 2.13. The second kappa shape index (κ2) is 7.47. The van der Waals surface area contributed by atoms with Gasteiger partial charge in [0.15, 0.2) is 0 Å². The van der Waals surface area contributed by atoms with Gasteiger partial charge in [-0.05, 0) is 37.6 Å². The highest BCUT2D eigenvalue weighted by molar-refractivity contribution is 6.40. The Morgan fingerprint density at radius 1 is 1.27 bits per heavy atom. The number of halogens is 2. The third-order valence-corrected chi connectivity index (χ3v) is 3.85. The molecule has 1 amide bonds. The zero-order chi connectivity index (χ0) is 16.1. The third kappa shape index (κ3) is 4.12. The first-order valence-electron chi connectivity index (χ1n) is 6.99. The molecule has 2 aromatic rings. The van der Waals surface area contributed by atoms with Crippen LogP contribution in [0.5, 0.6) is 0 Å². The molecule has 116 valence electrons. The van der Waals surface area contributed by atoms with Crippen molar-refractivity contribution in [3.8, 4) is 0 Å². The molecule has 1 aromatic carbocycles. The number of hydrogen-bond donors (Lipinski definition) is 2. The zero-order valence-corrected chi connectivity index (χ0v) is 13.9. The van der Waals surface area contributed by atoms with Gasteiger partial charge in [0.25, 0.3) is 5.91 Å². The maximum Gasteiger partial charge on any atom is 0.274 e. The van der Waals surface area contributed by atoms with Crippen molar-refractivity contribution in [1.29, 1.82) is 0 Å². The molecule has 0 fully saturated rings. The molecule has 0 aliphatic carbocycles. The summed E-state index contributed by atoms with van der Waals surface area (Å²) >= 11 is 12.1. The summed E-state index contributed by atoms with van der Waals surface area (Å²) in [6.45, 7) is 4.16. The molecule has 0 saturated heterocycles. The van der Waals surface area contributed by atoms with E-state index in [1.807, 2.05) is 6.07 Å². The highest BCUT2D eigenvalue weighted by Crippen LogP contribution is 2.30. The molecule has 0 aliphatic rings. The lowest BCUT2D eigenvalue weighted by Crippen LogP contribution is -2.17. The Morgan fingerprint density at radius 2 is 1.95 bits per heavy atom. The van der Waals surface area contributed by atoms with Crippen molar-refractivity contribution in [2.24, 2.45) is 0 Å². The van der Waals surface area contributed by atoms with Crippen LogP contribution in [0.4, 0.5) is 11.4 Å². The molecule has 0 saturated carbocycles. The molecular weight excluding hydrogens is 321 g/mol. The zero-order valence-electron chi connectivity index (χ0n) is 12.4. The van der Waals surface area contributed by atoms with E-state index in [0.717, 1.165) is 12.1 Å². The van der Waals surface area contributed by atoms with Crippen LogP contribution < -0.4 is 10.6 Å². The van der Waals surface area contributed by atoms with Crippen LogP contribution >= 0.6 is 23.2 Å². The number of benzene rings is 1. The van der Waals surface area contributed by atoms with Gasteiger partial charge in [-0.3, -0.25) is 9.78 Å². The van der Waals surface area contributed by atoms with E-state index in [1.165, 1.54) is 0 Å². The number of aromatic nitrogens is 1. The predicted octanol–water partition coefficient (Wildman–Crippen LogP) is 4.85. The highest BCUT2D eigenvalue weighted by atomic mass is 35.5. The molecule has 0 spiro atoms. The average molecular weight is 338 g/mol. The Labute approximate surface area is 139 Å². The van der Waals surface area contributed by atoms with Crippen molar-refractivity contribution in [3.05, 3.63) is 52.3 Å². The molecule has 22 heavy (non-hydrogen) atoms. The van der Waals surface area contributed by atoms with Crippen LogP contribution in [0.25, 0.3) is 0 Å². The van der Waals surface area contributed by atoms with Gasteiger partial charge >= 0.3 is 0 Å². The first kappa shape index (κ1) is 16.6. The maximum absolute atomic E-state index is 12.3. The van der Waals surface area contributed by atoms with Crippen molar-refractivity contribution in [1.82, 2.24) is 4.98 Å². The summed E-state index contributed by atoms with van der Waals surface area (Å²) in [5, 5.41) is 6.77. The smallest absolute Gasteiger partial charge is 0.274 e. The number of para-hydroxylation sites is 1. The van der Waals surface area contributed by atoms with Gasteiger partial charge in [0.2, 0.25) is 0 Å². The van der Waals surface area contributed by atoms with Gasteiger partial charge in [-0.25, -0.2) is 0 Å². The summed E-state index contributed by atoms with van der Waals surface area (Å²) in [5.74, 6) is -0.359. The lowest BCUT2D eigenvalue weighted by atomic mass is 10.2. The minimum atomic E-state index is -0.359. The second-order valence-electron chi connectivity index (χ2n) is 4.93. The van der Waals surface area contributed by atoms with E-state index in [2.05, 4.69) is 29.5 Å². The quantitative estimate of drug-likeness (QED) is 0.819. The van der Waals surface area contributed by atoms with Crippen molar-refractivity contribution in [3.63, 3.8) is 0 Å². The van der Waals surface area contributed by atoms with Gasteiger partial charge < -0.3 is 10.6 Å². The first-order chi connectivity index (χ1) is 10.5. The largest absolute Gasteiger partial charge is 0.382 e. The van der Waals surface area contributed by atoms with E-state index in [1.54, 1.807) is 30.5 Å². The van der Waals surface area contributed by atoms with Crippen LogP contribution in [-0.4, -0.2) is 16.9 Å². The van der Waals surface area contributed by atoms with Crippen LogP contribution in [0.15, 0.2) is 36.5 Å². The van der Waals surface area contributed by atoms with Gasteiger partial charge in [0.05, 0.1) is 15.7 Å². The Bertz CT molecular complexity index is 656. The van der Waals surface area contributed by atoms with Crippen molar-refractivity contribution < 1.29 is 4.79 Å². The number of amides is 1. The Hall–Kier alpha value is -1.78. The summed E-state index contributed by atoms with van der Waals surface area (Å²) in [6, 6.07) is 8.89. The number of hydrogen-bond acceptors (Lipinski definition) is 3. The lowest BCUT2D eigenvalue weighted by molar-refractivity contribution is 0.102. The fourth-order valence-corrected chi connectivity index (χ4v) is 2.32. The van der Waals surface area contributed by atoms with Crippen molar-refractivity contribution >= 4 is 40.5 Å². The monoisotopic (exact) mass is 337 g/mol. The minimum Gasteiger partial charge on any atom is -0.382 e. The molecule has 0 bridgehead atoms.